The molecule has 0 aliphatic carbocycles. The van der Waals surface area contributed by atoms with Gasteiger partial charge in [-0.1, -0.05) is 18.2 Å². The third-order valence-corrected chi connectivity index (χ3v) is 6.14. The molecular formula is C20H27N3O2. The van der Waals surface area contributed by atoms with Crippen molar-refractivity contribution in [2.45, 2.75) is 56.7 Å². The van der Waals surface area contributed by atoms with Gasteiger partial charge in [0, 0.05) is 37.8 Å². The number of amides is 2. The lowest BCUT2D eigenvalue weighted by Crippen LogP contribution is -2.45. The number of nitrogens with zero attached hydrogens (tertiary/aromatic N) is 2. The number of para-hydroxylation sites is 1. The first-order valence-electron chi connectivity index (χ1n) is 9.50. The first-order valence-corrected chi connectivity index (χ1v) is 9.50. The predicted molar refractivity (Wildman–Crippen MR) is 97.3 cm³/mol. The number of fused-ring (bicyclic) bond motifs is 2. The van der Waals surface area contributed by atoms with Crippen LogP contribution in [-0.4, -0.2) is 48.4 Å². The monoisotopic (exact) mass is 341 g/mol. The fraction of sp³-hybridized carbons (Fsp3) is 0.600. The maximum Gasteiger partial charge on any atom is 0.249 e. The van der Waals surface area contributed by atoms with Gasteiger partial charge in [0.25, 0.3) is 0 Å². The number of piperidine rings is 1. The molecule has 1 N–H and O–H groups in total. The van der Waals surface area contributed by atoms with Gasteiger partial charge in [0.1, 0.15) is 6.04 Å². The molecule has 2 bridgehead atoms. The SMILES string of the molecule is CN(C(=O)CC1CC2CCC(C1)N2)C1CCN(c2ccccc2)C1=O. The van der Waals surface area contributed by atoms with E-state index in [0.717, 1.165) is 18.5 Å². The lowest BCUT2D eigenvalue weighted by molar-refractivity contribution is -0.137. The molecule has 0 saturated carbocycles. The van der Waals surface area contributed by atoms with Crippen molar-refractivity contribution < 1.29 is 9.59 Å². The first kappa shape index (κ1) is 16.6. The standard InChI is InChI=1S/C20H27N3O2/c1-22(19(24)13-14-11-15-7-8-16(12-14)21-15)18-9-10-23(20(18)25)17-5-3-2-4-6-17/h2-6,14-16,18,21H,7-13H2,1H3. The van der Waals surface area contributed by atoms with Crippen molar-refractivity contribution in [3.63, 3.8) is 0 Å². The number of anilines is 1. The third kappa shape index (κ3) is 3.30. The summed E-state index contributed by atoms with van der Waals surface area (Å²) in [6, 6.07) is 10.6. The maximum atomic E-state index is 12.8. The number of likely N-dealkylation sites (N-methyl/N-ethyl adjacent to an activating group) is 1. The number of hydrogen-bond donors (Lipinski definition) is 1. The molecule has 3 atom stereocenters. The van der Waals surface area contributed by atoms with E-state index in [4.69, 9.17) is 0 Å². The second-order valence-electron chi connectivity index (χ2n) is 7.81. The highest BCUT2D eigenvalue weighted by molar-refractivity contribution is 6.01. The van der Waals surface area contributed by atoms with E-state index in [1.807, 2.05) is 30.3 Å². The molecule has 5 heteroatoms. The van der Waals surface area contributed by atoms with E-state index in [9.17, 15) is 9.59 Å². The minimum Gasteiger partial charge on any atom is -0.334 e. The Morgan fingerprint density at radius 2 is 1.84 bits per heavy atom. The van der Waals surface area contributed by atoms with Gasteiger partial charge >= 0.3 is 0 Å². The summed E-state index contributed by atoms with van der Waals surface area (Å²) in [6.07, 6.45) is 6.00. The summed E-state index contributed by atoms with van der Waals surface area (Å²) in [5.41, 5.74) is 0.922. The van der Waals surface area contributed by atoms with Crippen molar-refractivity contribution in [3.05, 3.63) is 30.3 Å². The van der Waals surface area contributed by atoms with Crippen LogP contribution in [0.1, 0.15) is 38.5 Å². The normalized spacial score (nSPS) is 31.4. The molecule has 134 valence electrons. The van der Waals surface area contributed by atoms with E-state index in [2.05, 4.69) is 5.32 Å². The number of carbonyl (C=O) groups excluding carboxylic acids is 2. The summed E-state index contributed by atoms with van der Waals surface area (Å²) in [7, 11) is 1.80. The van der Waals surface area contributed by atoms with Crippen LogP contribution in [0.15, 0.2) is 30.3 Å². The van der Waals surface area contributed by atoms with Gasteiger partial charge in [-0.15, -0.1) is 0 Å². The van der Waals surface area contributed by atoms with Gasteiger partial charge in [0.05, 0.1) is 0 Å². The molecule has 0 radical (unpaired) electrons. The van der Waals surface area contributed by atoms with Crippen LogP contribution in [-0.2, 0) is 9.59 Å². The van der Waals surface area contributed by atoms with Gasteiger partial charge in [-0.3, -0.25) is 9.59 Å². The van der Waals surface area contributed by atoms with Crippen LogP contribution in [0.25, 0.3) is 0 Å². The van der Waals surface area contributed by atoms with Crippen LogP contribution in [0.5, 0.6) is 0 Å². The minimum atomic E-state index is -0.314. The van der Waals surface area contributed by atoms with Crippen molar-refractivity contribution >= 4 is 17.5 Å². The Hall–Kier alpha value is -1.88. The smallest absolute Gasteiger partial charge is 0.249 e. The van der Waals surface area contributed by atoms with E-state index in [1.165, 1.54) is 12.8 Å². The molecule has 0 aromatic heterocycles. The highest BCUT2D eigenvalue weighted by atomic mass is 16.2. The summed E-state index contributed by atoms with van der Waals surface area (Å²) >= 11 is 0. The molecule has 3 unspecified atom stereocenters. The van der Waals surface area contributed by atoms with Crippen molar-refractivity contribution in [2.75, 3.05) is 18.5 Å². The zero-order chi connectivity index (χ0) is 17.4. The number of benzene rings is 1. The van der Waals surface area contributed by atoms with Crippen LogP contribution in [0.2, 0.25) is 0 Å². The van der Waals surface area contributed by atoms with Crippen LogP contribution < -0.4 is 10.2 Å². The van der Waals surface area contributed by atoms with Crippen molar-refractivity contribution in [2.24, 2.45) is 5.92 Å². The lowest BCUT2D eigenvalue weighted by atomic mass is 9.89. The molecular weight excluding hydrogens is 314 g/mol. The second kappa shape index (κ2) is 6.79. The molecule has 1 aromatic carbocycles. The van der Waals surface area contributed by atoms with Gasteiger partial charge in [-0.05, 0) is 50.2 Å². The first-order chi connectivity index (χ1) is 12.1. The topological polar surface area (TPSA) is 52.7 Å². The Kier molecular flexibility index (Phi) is 4.50. The third-order valence-electron chi connectivity index (χ3n) is 6.14. The van der Waals surface area contributed by atoms with E-state index < -0.39 is 0 Å². The van der Waals surface area contributed by atoms with Crippen molar-refractivity contribution in [1.82, 2.24) is 10.2 Å². The Morgan fingerprint density at radius 3 is 2.52 bits per heavy atom. The Morgan fingerprint density at radius 1 is 1.16 bits per heavy atom. The summed E-state index contributed by atoms with van der Waals surface area (Å²) < 4.78 is 0. The number of carbonyl (C=O) groups is 2. The van der Waals surface area contributed by atoms with Crippen LogP contribution in [0.4, 0.5) is 5.69 Å². The maximum absolute atomic E-state index is 12.8. The van der Waals surface area contributed by atoms with Gasteiger partial charge < -0.3 is 15.1 Å². The molecule has 3 aliphatic heterocycles. The largest absolute Gasteiger partial charge is 0.334 e. The molecule has 3 fully saturated rings. The Labute approximate surface area is 149 Å². The molecule has 25 heavy (non-hydrogen) atoms. The zero-order valence-electron chi connectivity index (χ0n) is 14.9. The summed E-state index contributed by atoms with van der Waals surface area (Å²) in [5.74, 6) is 0.641. The molecule has 3 heterocycles. The van der Waals surface area contributed by atoms with Gasteiger partial charge in [-0.2, -0.15) is 0 Å². The van der Waals surface area contributed by atoms with E-state index >= 15 is 0 Å². The minimum absolute atomic E-state index is 0.0485. The lowest BCUT2D eigenvalue weighted by Gasteiger charge is -2.31. The van der Waals surface area contributed by atoms with E-state index in [-0.39, 0.29) is 17.9 Å². The summed E-state index contributed by atoms with van der Waals surface area (Å²) in [5, 5.41) is 3.62. The van der Waals surface area contributed by atoms with Gasteiger partial charge in [0.15, 0.2) is 0 Å². The summed E-state index contributed by atoms with van der Waals surface area (Å²) in [4.78, 5) is 29.0. The van der Waals surface area contributed by atoms with E-state index in [1.54, 1.807) is 16.8 Å². The molecule has 2 amide bonds. The number of rotatable bonds is 4. The Balaban J connectivity index is 1.36. The van der Waals surface area contributed by atoms with Crippen LogP contribution in [0, 0.1) is 5.92 Å². The fourth-order valence-corrected chi connectivity index (χ4v) is 4.80. The average molecular weight is 341 g/mol. The average Bonchev–Trinajstić information content (AvgIpc) is 3.17. The zero-order valence-corrected chi connectivity index (χ0v) is 14.9. The predicted octanol–water partition coefficient (Wildman–Crippen LogP) is 2.17. The quantitative estimate of drug-likeness (QED) is 0.913. The van der Waals surface area contributed by atoms with Gasteiger partial charge in [-0.25, -0.2) is 0 Å². The fourth-order valence-electron chi connectivity index (χ4n) is 4.80. The highest BCUT2D eigenvalue weighted by Gasteiger charge is 2.39. The molecule has 0 spiro atoms. The molecule has 1 aromatic rings. The van der Waals surface area contributed by atoms with Crippen LogP contribution in [0.3, 0.4) is 0 Å². The molecule has 5 nitrogen and oxygen atoms in total. The Bertz CT molecular complexity index is 636. The number of hydrogen-bond acceptors (Lipinski definition) is 3. The summed E-state index contributed by atoms with van der Waals surface area (Å²) in [6.45, 7) is 0.683. The van der Waals surface area contributed by atoms with Gasteiger partial charge in [0.2, 0.25) is 11.8 Å². The second-order valence-corrected chi connectivity index (χ2v) is 7.81. The number of nitrogens with one attached hydrogen (secondary N) is 1. The van der Waals surface area contributed by atoms with Crippen molar-refractivity contribution in [1.29, 1.82) is 0 Å². The van der Waals surface area contributed by atoms with E-state index in [0.29, 0.717) is 37.4 Å². The molecule has 4 rings (SSSR count). The van der Waals surface area contributed by atoms with Crippen molar-refractivity contribution in [3.8, 4) is 0 Å². The van der Waals surface area contributed by atoms with Crippen LogP contribution >= 0.6 is 0 Å². The molecule has 3 aliphatic rings. The molecule has 3 saturated heterocycles. The highest BCUT2D eigenvalue weighted by Crippen LogP contribution is 2.33.